The van der Waals surface area contributed by atoms with Gasteiger partial charge in [-0.15, -0.1) is 0 Å². The van der Waals surface area contributed by atoms with E-state index in [2.05, 4.69) is 9.88 Å². The number of hydrogen-bond donors (Lipinski definition) is 0. The van der Waals surface area contributed by atoms with Gasteiger partial charge in [0.25, 0.3) is 0 Å². The highest BCUT2D eigenvalue weighted by Crippen LogP contribution is 2.40. The highest BCUT2D eigenvalue weighted by Gasteiger charge is 2.44. The van der Waals surface area contributed by atoms with Gasteiger partial charge < -0.3 is 14.5 Å². The van der Waals surface area contributed by atoms with Crippen molar-refractivity contribution in [1.82, 2.24) is 14.8 Å². The zero-order chi connectivity index (χ0) is 18.7. The Balaban J connectivity index is 1.36. The number of pyridine rings is 1. The van der Waals surface area contributed by atoms with Crippen LogP contribution in [-0.4, -0.2) is 66.0 Å². The van der Waals surface area contributed by atoms with Gasteiger partial charge in [-0.1, -0.05) is 6.07 Å². The van der Waals surface area contributed by atoms with Crippen LogP contribution in [0.1, 0.15) is 37.7 Å². The van der Waals surface area contributed by atoms with Crippen LogP contribution in [0, 0.1) is 11.3 Å². The summed E-state index contributed by atoms with van der Waals surface area (Å²) in [4.78, 5) is 33.8. The lowest BCUT2D eigenvalue weighted by atomic mass is 9.79. The predicted octanol–water partition coefficient (Wildman–Crippen LogP) is 1.89. The maximum Gasteiger partial charge on any atom is 0.227 e. The van der Waals surface area contributed by atoms with E-state index < -0.39 is 0 Å². The summed E-state index contributed by atoms with van der Waals surface area (Å²) >= 11 is 0. The number of carbonyl (C=O) groups is 2. The van der Waals surface area contributed by atoms with Gasteiger partial charge in [-0.3, -0.25) is 14.6 Å². The number of likely N-dealkylation sites (tertiary alicyclic amines) is 2. The average molecular weight is 371 g/mol. The molecule has 6 nitrogen and oxygen atoms in total. The van der Waals surface area contributed by atoms with E-state index in [1.807, 2.05) is 17.0 Å². The van der Waals surface area contributed by atoms with Gasteiger partial charge in [0.15, 0.2) is 0 Å². The zero-order valence-electron chi connectivity index (χ0n) is 15.9. The van der Waals surface area contributed by atoms with Crippen LogP contribution in [0.5, 0.6) is 0 Å². The Bertz CT molecular complexity index is 675. The topological polar surface area (TPSA) is 62.7 Å². The summed E-state index contributed by atoms with van der Waals surface area (Å²) in [5, 5.41) is 0. The molecule has 4 heterocycles. The van der Waals surface area contributed by atoms with Crippen molar-refractivity contribution in [3.05, 3.63) is 30.1 Å². The van der Waals surface area contributed by atoms with E-state index in [0.717, 1.165) is 63.8 Å². The number of rotatable bonds is 3. The van der Waals surface area contributed by atoms with Crippen LogP contribution in [0.4, 0.5) is 0 Å². The molecule has 3 fully saturated rings. The summed E-state index contributed by atoms with van der Waals surface area (Å²) in [5.41, 5.74) is 1.05. The first-order valence-corrected chi connectivity index (χ1v) is 10.2. The molecule has 1 aromatic heterocycles. The van der Waals surface area contributed by atoms with Gasteiger partial charge in [0.05, 0.1) is 6.42 Å². The fourth-order valence-corrected chi connectivity index (χ4v) is 4.87. The van der Waals surface area contributed by atoms with Gasteiger partial charge >= 0.3 is 0 Å². The van der Waals surface area contributed by atoms with Crippen molar-refractivity contribution in [3.8, 4) is 0 Å². The molecular formula is C21H29N3O3. The van der Waals surface area contributed by atoms with Crippen LogP contribution in [0.15, 0.2) is 24.5 Å². The second-order valence-electron chi connectivity index (χ2n) is 8.35. The number of aromatic nitrogens is 1. The molecule has 0 aliphatic carbocycles. The molecule has 3 aliphatic heterocycles. The molecule has 1 spiro atoms. The predicted molar refractivity (Wildman–Crippen MR) is 101 cm³/mol. The van der Waals surface area contributed by atoms with E-state index in [-0.39, 0.29) is 17.2 Å². The number of carbonyl (C=O) groups excluding carboxylic acids is 2. The Morgan fingerprint density at radius 1 is 1.15 bits per heavy atom. The largest absolute Gasteiger partial charge is 0.381 e. The zero-order valence-corrected chi connectivity index (χ0v) is 15.9. The standard InChI is InChI=1S/C21H29N3O3/c25-19(13-17-3-1-8-22-14-17)23-9-2-6-21(15-23)7-10-24(16-21)20(26)18-4-11-27-12-5-18/h1,3,8,14,18H,2,4-7,9-13,15-16H2. The minimum atomic E-state index is 0.0870. The molecule has 0 radical (unpaired) electrons. The fraction of sp³-hybridized carbons (Fsp3) is 0.667. The minimum absolute atomic E-state index is 0.0870. The lowest BCUT2D eigenvalue weighted by molar-refractivity contribution is -0.138. The van der Waals surface area contributed by atoms with Gasteiger partial charge in [0.1, 0.15) is 0 Å². The second-order valence-corrected chi connectivity index (χ2v) is 8.35. The van der Waals surface area contributed by atoms with Gasteiger partial charge in [0, 0.05) is 63.1 Å². The molecule has 27 heavy (non-hydrogen) atoms. The average Bonchev–Trinajstić information content (AvgIpc) is 3.12. The molecule has 1 atom stereocenters. The van der Waals surface area contributed by atoms with Gasteiger partial charge in [0.2, 0.25) is 11.8 Å². The summed E-state index contributed by atoms with van der Waals surface area (Å²) in [6, 6.07) is 3.82. The molecule has 0 bridgehead atoms. The van der Waals surface area contributed by atoms with Crippen LogP contribution >= 0.6 is 0 Å². The molecule has 2 amide bonds. The van der Waals surface area contributed by atoms with Crippen LogP contribution in [-0.2, 0) is 20.7 Å². The minimum Gasteiger partial charge on any atom is -0.381 e. The molecule has 4 rings (SSSR count). The summed E-state index contributed by atoms with van der Waals surface area (Å²) in [5.74, 6) is 0.603. The third-order valence-corrected chi connectivity index (χ3v) is 6.41. The highest BCUT2D eigenvalue weighted by molar-refractivity contribution is 5.80. The van der Waals surface area contributed by atoms with Gasteiger partial charge in [-0.05, 0) is 43.7 Å². The molecule has 1 aromatic rings. The number of nitrogens with zero attached hydrogens (tertiary/aromatic N) is 3. The van der Waals surface area contributed by atoms with Crippen molar-refractivity contribution in [2.24, 2.45) is 11.3 Å². The molecular weight excluding hydrogens is 342 g/mol. The molecule has 146 valence electrons. The van der Waals surface area contributed by atoms with Crippen molar-refractivity contribution in [3.63, 3.8) is 0 Å². The molecule has 3 aliphatic rings. The monoisotopic (exact) mass is 371 g/mol. The lowest BCUT2D eigenvalue weighted by Crippen LogP contribution is -2.48. The molecule has 1 unspecified atom stereocenters. The van der Waals surface area contributed by atoms with Crippen LogP contribution in [0.3, 0.4) is 0 Å². The second kappa shape index (κ2) is 7.97. The van der Waals surface area contributed by atoms with Crippen molar-refractivity contribution in [2.45, 2.75) is 38.5 Å². The third kappa shape index (κ3) is 4.15. The van der Waals surface area contributed by atoms with E-state index in [4.69, 9.17) is 4.74 Å². The third-order valence-electron chi connectivity index (χ3n) is 6.41. The van der Waals surface area contributed by atoms with Crippen molar-refractivity contribution >= 4 is 11.8 Å². The Morgan fingerprint density at radius 2 is 1.96 bits per heavy atom. The van der Waals surface area contributed by atoms with E-state index in [0.29, 0.717) is 25.5 Å². The first kappa shape index (κ1) is 18.4. The lowest BCUT2D eigenvalue weighted by Gasteiger charge is -2.40. The summed E-state index contributed by atoms with van der Waals surface area (Å²) in [7, 11) is 0. The maximum atomic E-state index is 12.9. The molecule has 6 heteroatoms. The SMILES string of the molecule is O=C(Cc1cccnc1)N1CCCC2(CCN(C(=O)C3CCOCC3)C2)C1. The first-order chi connectivity index (χ1) is 13.2. The number of amides is 2. The van der Waals surface area contributed by atoms with Crippen molar-refractivity contribution < 1.29 is 14.3 Å². The summed E-state index contributed by atoms with van der Waals surface area (Å²) in [6.45, 7) is 4.65. The highest BCUT2D eigenvalue weighted by atomic mass is 16.5. The quantitative estimate of drug-likeness (QED) is 0.814. The molecule has 0 aromatic carbocycles. The van der Waals surface area contributed by atoms with E-state index in [1.165, 1.54) is 0 Å². The smallest absolute Gasteiger partial charge is 0.227 e. The summed E-state index contributed by atoms with van der Waals surface area (Å²) in [6.07, 6.45) is 8.75. The number of ether oxygens (including phenoxy) is 1. The Kier molecular flexibility index (Phi) is 5.43. The Labute approximate surface area is 160 Å². The van der Waals surface area contributed by atoms with Crippen LogP contribution < -0.4 is 0 Å². The number of piperidine rings is 1. The van der Waals surface area contributed by atoms with Crippen LogP contribution in [0.2, 0.25) is 0 Å². The van der Waals surface area contributed by atoms with E-state index >= 15 is 0 Å². The molecule has 0 saturated carbocycles. The Morgan fingerprint density at radius 3 is 2.74 bits per heavy atom. The van der Waals surface area contributed by atoms with Crippen LogP contribution in [0.25, 0.3) is 0 Å². The van der Waals surface area contributed by atoms with Gasteiger partial charge in [-0.2, -0.15) is 0 Å². The maximum absolute atomic E-state index is 12.9. The molecule has 3 saturated heterocycles. The summed E-state index contributed by atoms with van der Waals surface area (Å²) < 4.78 is 5.39. The van der Waals surface area contributed by atoms with E-state index in [9.17, 15) is 9.59 Å². The Hall–Kier alpha value is -1.95. The van der Waals surface area contributed by atoms with Crippen molar-refractivity contribution in [2.75, 3.05) is 39.4 Å². The van der Waals surface area contributed by atoms with Gasteiger partial charge in [-0.25, -0.2) is 0 Å². The van der Waals surface area contributed by atoms with Crippen molar-refractivity contribution in [1.29, 1.82) is 0 Å². The van der Waals surface area contributed by atoms with E-state index in [1.54, 1.807) is 12.4 Å². The number of hydrogen-bond acceptors (Lipinski definition) is 4. The fourth-order valence-electron chi connectivity index (χ4n) is 4.87. The normalized spacial score (nSPS) is 26.5. The first-order valence-electron chi connectivity index (χ1n) is 10.2. The molecule has 0 N–H and O–H groups in total.